The van der Waals surface area contributed by atoms with Gasteiger partial charge >= 0.3 is 0 Å². The zero-order valence-corrected chi connectivity index (χ0v) is 14.6. The van der Waals surface area contributed by atoms with E-state index in [1.807, 2.05) is 35.6 Å². The van der Waals surface area contributed by atoms with Crippen LogP contribution in [0.4, 0.5) is 0 Å². The number of hydrogen-bond acceptors (Lipinski definition) is 3. The molecule has 2 aliphatic rings. The van der Waals surface area contributed by atoms with Crippen molar-refractivity contribution < 1.29 is 9.53 Å². The van der Waals surface area contributed by atoms with E-state index in [4.69, 9.17) is 4.74 Å². The third-order valence-electron chi connectivity index (χ3n) is 5.52. The molecule has 5 nitrogen and oxygen atoms in total. The van der Waals surface area contributed by atoms with Crippen molar-refractivity contribution in [3.63, 3.8) is 0 Å². The van der Waals surface area contributed by atoms with E-state index in [0.717, 1.165) is 51.1 Å². The van der Waals surface area contributed by atoms with Crippen LogP contribution in [0.1, 0.15) is 43.4 Å². The normalized spacial score (nSPS) is 24.0. The molecule has 0 unspecified atom stereocenters. The van der Waals surface area contributed by atoms with Gasteiger partial charge in [0.05, 0.1) is 24.2 Å². The van der Waals surface area contributed by atoms with Gasteiger partial charge in [0.1, 0.15) is 0 Å². The first-order valence-electron chi connectivity index (χ1n) is 9.19. The molecule has 1 aromatic carbocycles. The molecule has 2 saturated heterocycles. The molecule has 132 valence electrons. The number of carbonyl (C=O) groups is 1. The number of aromatic nitrogens is 2. The predicted molar refractivity (Wildman–Crippen MR) is 95.0 cm³/mol. The SMILES string of the molecule is O=C1CC[C@@]2(CCCO2)CCN1Cc1cncn1Cc1ccccc1. The van der Waals surface area contributed by atoms with E-state index < -0.39 is 0 Å². The molecule has 1 aromatic heterocycles. The molecule has 2 aromatic rings. The lowest BCUT2D eigenvalue weighted by molar-refractivity contribution is -0.131. The summed E-state index contributed by atoms with van der Waals surface area (Å²) in [6, 6.07) is 10.3. The number of carbonyl (C=O) groups excluding carboxylic acids is 1. The Morgan fingerprint density at radius 1 is 1.12 bits per heavy atom. The van der Waals surface area contributed by atoms with Gasteiger partial charge in [-0.2, -0.15) is 0 Å². The number of ether oxygens (including phenoxy) is 1. The van der Waals surface area contributed by atoms with Gasteiger partial charge in [0, 0.05) is 32.3 Å². The van der Waals surface area contributed by atoms with E-state index in [1.165, 1.54) is 5.56 Å². The second-order valence-electron chi connectivity index (χ2n) is 7.20. The number of amides is 1. The van der Waals surface area contributed by atoms with Crippen LogP contribution in [-0.2, 0) is 22.6 Å². The first-order chi connectivity index (χ1) is 12.2. The number of imidazole rings is 1. The summed E-state index contributed by atoms with van der Waals surface area (Å²) in [6.07, 6.45) is 8.36. The average Bonchev–Trinajstić information content (AvgIpc) is 3.24. The minimum absolute atomic E-state index is 0.0469. The number of nitrogens with zero attached hydrogens (tertiary/aromatic N) is 3. The highest BCUT2D eigenvalue weighted by Gasteiger charge is 2.38. The van der Waals surface area contributed by atoms with Gasteiger partial charge in [-0.1, -0.05) is 30.3 Å². The van der Waals surface area contributed by atoms with Crippen LogP contribution < -0.4 is 0 Å². The number of rotatable bonds is 4. The molecule has 1 spiro atoms. The first kappa shape index (κ1) is 16.3. The Morgan fingerprint density at radius 3 is 2.80 bits per heavy atom. The van der Waals surface area contributed by atoms with Gasteiger partial charge in [-0.05, 0) is 31.2 Å². The van der Waals surface area contributed by atoms with Gasteiger partial charge < -0.3 is 14.2 Å². The van der Waals surface area contributed by atoms with E-state index in [1.54, 1.807) is 0 Å². The highest BCUT2D eigenvalue weighted by Crippen LogP contribution is 2.36. The maximum absolute atomic E-state index is 12.6. The molecule has 0 radical (unpaired) electrons. The summed E-state index contributed by atoms with van der Waals surface area (Å²) in [5.74, 6) is 0.236. The number of likely N-dealkylation sites (tertiary alicyclic amines) is 1. The van der Waals surface area contributed by atoms with E-state index >= 15 is 0 Å². The molecule has 1 atom stereocenters. The van der Waals surface area contributed by atoms with Crippen LogP contribution in [0.3, 0.4) is 0 Å². The Hall–Kier alpha value is -2.14. The number of hydrogen-bond donors (Lipinski definition) is 0. The minimum atomic E-state index is -0.0469. The van der Waals surface area contributed by atoms with Crippen molar-refractivity contribution in [3.8, 4) is 0 Å². The molecule has 0 bridgehead atoms. The van der Waals surface area contributed by atoms with Crippen molar-refractivity contribution in [3.05, 3.63) is 54.1 Å². The van der Waals surface area contributed by atoms with Crippen molar-refractivity contribution in [1.82, 2.24) is 14.5 Å². The summed E-state index contributed by atoms with van der Waals surface area (Å²) in [4.78, 5) is 18.9. The van der Waals surface area contributed by atoms with Crippen LogP contribution >= 0.6 is 0 Å². The summed E-state index contributed by atoms with van der Waals surface area (Å²) in [6.45, 7) is 3.03. The second-order valence-corrected chi connectivity index (χ2v) is 7.20. The summed E-state index contributed by atoms with van der Waals surface area (Å²) < 4.78 is 8.13. The fourth-order valence-corrected chi connectivity index (χ4v) is 4.00. The third kappa shape index (κ3) is 3.61. The minimum Gasteiger partial charge on any atom is -0.375 e. The largest absolute Gasteiger partial charge is 0.375 e. The van der Waals surface area contributed by atoms with E-state index in [9.17, 15) is 4.79 Å². The van der Waals surface area contributed by atoms with Crippen LogP contribution in [0, 0.1) is 0 Å². The second kappa shape index (κ2) is 7.00. The molecule has 0 aliphatic carbocycles. The first-order valence-corrected chi connectivity index (χ1v) is 9.19. The Kier molecular flexibility index (Phi) is 4.57. The predicted octanol–water partition coefficient (Wildman–Crippen LogP) is 2.99. The quantitative estimate of drug-likeness (QED) is 0.860. The fourth-order valence-electron chi connectivity index (χ4n) is 4.00. The maximum Gasteiger partial charge on any atom is 0.223 e. The lowest BCUT2D eigenvalue weighted by Crippen LogP contribution is -2.32. The van der Waals surface area contributed by atoms with Crippen LogP contribution in [0.5, 0.6) is 0 Å². The van der Waals surface area contributed by atoms with Crippen LogP contribution in [0.25, 0.3) is 0 Å². The topological polar surface area (TPSA) is 47.4 Å². The van der Waals surface area contributed by atoms with Crippen LogP contribution in [0.15, 0.2) is 42.9 Å². The summed E-state index contributed by atoms with van der Waals surface area (Å²) in [7, 11) is 0. The molecular formula is C20H25N3O2. The third-order valence-corrected chi connectivity index (χ3v) is 5.52. The smallest absolute Gasteiger partial charge is 0.223 e. The van der Waals surface area contributed by atoms with Crippen LogP contribution in [-0.4, -0.2) is 39.1 Å². The Morgan fingerprint density at radius 2 is 2.00 bits per heavy atom. The lowest BCUT2D eigenvalue weighted by atomic mass is 9.92. The summed E-state index contributed by atoms with van der Waals surface area (Å²) >= 11 is 0. The van der Waals surface area contributed by atoms with Gasteiger partial charge in [-0.3, -0.25) is 4.79 Å². The van der Waals surface area contributed by atoms with Gasteiger partial charge in [-0.25, -0.2) is 4.98 Å². The average molecular weight is 339 g/mol. The molecule has 1 amide bonds. The molecule has 3 heterocycles. The van der Waals surface area contributed by atoms with Crippen molar-refractivity contribution in [2.24, 2.45) is 0 Å². The van der Waals surface area contributed by atoms with Crippen molar-refractivity contribution in [2.75, 3.05) is 13.2 Å². The monoisotopic (exact) mass is 339 g/mol. The molecule has 2 fully saturated rings. The molecular weight excluding hydrogens is 314 g/mol. The number of benzene rings is 1. The van der Waals surface area contributed by atoms with Gasteiger partial charge in [0.25, 0.3) is 0 Å². The van der Waals surface area contributed by atoms with Crippen LogP contribution in [0.2, 0.25) is 0 Å². The summed E-state index contributed by atoms with van der Waals surface area (Å²) in [5.41, 5.74) is 2.28. The lowest BCUT2D eigenvalue weighted by Gasteiger charge is -2.26. The molecule has 4 rings (SSSR count). The molecule has 2 aliphatic heterocycles. The Balaban J connectivity index is 1.45. The zero-order chi connectivity index (χ0) is 17.1. The molecule has 0 N–H and O–H groups in total. The molecule has 0 saturated carbocycles. The van der Waals surface area contributed by atoms with Crippen molar-refractivity contribution in [1.29, 1.82) is 0 Å². The van der Waals surface area contributed by atoms with Gasteiger partial charge in [-0.15, -0.1) is 0 Å². The standard InChI is InChI=1S/C20H25N3O2/c24-19-7-9-20(8-4-12-25-20)10-11-22(19)15-18-13-21-16-23(18)14-17-5-2-1-3-6-17/h1-3,5-6,13,16H,4,7-12,14-15H2/t20-/m0/s1. The Bertz CT molecular complexity index is 720. The van der Waals surface area contributed by atoms with E-state index in [0.29, 0.717) is 13.0 Å². The van der Waals surface area contributed by atoms with Gasteiger partial charge in [0.2, 0.25) is 5.91 Å². The van der Waals surface area contributed by atoms with E-state index in [-0.39, 0.29) is 11.5 Å². The Labute approximate surface area is 148 Å². The maximum atomic E-state index is 12.6. The van der Waals surface area contributed by atoms with Crippen molar-refractivity contribution in [2.45, 2.75) is 50.8 Å². The molecule has 5 heteroatoms. The van der Waals surface area contributed by atoms with E-state index in [2.05, 4.69) is 21.7 Å². The zero-order valence-electron chi connectivity index (χ0n) is 14.6. The van der Waals surface area contributed by atoms with Crippen molar-refractivity contribution >= 4 is 5.91 Å². The fraction of sp³-hybridized carbons (Fsp3) is 0.500. The highest BCUT2D eigenvalue weighted by atomic mass is 16.5. The molecule has 25 heavy (non-hydrogen) atoms. The summed E-state index contributed by atoms with van der Waals surface area (Å²) in [5, 5.41) is 0. The highest BCUT2D eigenvalue weighted by molar-refractivity contribution is 5.76. The van der Waals surface area contributed by atoms with Gasteiger partial charge in [0.15, 0.2) is 0 Å².